The number of amides is 2. The van der Waals surface area contributed by atoms with Gasteiger partial charge in [-0.2, -0.15) is 5.10 Å². The molecule has 1 heterocycles. The number of nitrogens with zero attached hydrogens (tertiary/aromatic N) is 2. The Morgan fingerprint density at radius 3 is 2.03 bits per heavy atom. The van der Waals surface area contributed by atoms with Crippen LogP contribution in [0.5, 0.6) is 0 Å². The van der Waals surface area contributed by atoms with Crippen LogP contribution in [-0.4, -0.2) is 30.8 Å². The fourth-order valence-corrected chi connectivity index (χ4v) is 5.02. The Hall–Kier alpha value is -3.91. The van der Waals surface area contributed by atoms with E-state index in [4.69, 9.17) is 5.10 Å². The maximum absolute atomic E-state index is 12.3. The number of sulfonamides is 1. The van der Waals surface area contributed by atoms with E-state index in [9.17, 15) is 13.2 Å². The van der Waals surface area contributed by atoms with Crippen molar-refractivity contribution >= 4 is 16.1 Å². The highest BCUT2D eigenvalue weighted by Gasteiger charge is 2.17. The molecule has 4 rings (SSSR count). The zero-order valence-corrected chi connectivity index (χ0v) is 21.7. The van der Waals surface area contributed by atoms with E-state index < -0.39 is 16.1 Å². The second-order valence-corrected chi connectivity index (χ2v) is 10.6. The van der Waals surface area contributed by atoms with Crippen LogP contribution in [0, 0.1) is 27.7 Å². The van der Waals surface area contributed by atoms with Crippen LogP contribution in [0.25, 0.3) is 16.8 Å². The molecule has 0 bridgehead atoms. The Kier molecular flexibility index (Phi) is 7.26. The van der Waals surface area contributed by atoms with Crippen molar-refractivity contribution in [3.63, 3.8) is 0 Å². The highest BCUT2D eigenvalue weighted by Crippen LogP contribution is 2.29. The summed E-state index contributed by atoms with van der Waals surface area (Å²) in [5.41, 5.74) is 8.44. The zero-order chi connectivity index (χ0) is 25.9. The Bertz CT molecular complexity index is 1470. The lowest BCUT2D eigenvalue weighted by atomic mass is 10.0. The van der Waals surface area contributed by atoms with Crippen LogP contribution in [0.15, 0.2) is 77.7 Å². The van der Waals surface area contributed by atoms with Crippen LogP contribution in [0.3, 0.4) is 0 Å². The number of benzene rings is 3. The second kappa shape index (κ2) is 10.4. The van der Waals surface area contributed by atoms with Gasteiger partial charge in [-0.05, 0) is 69.5 Å². The van der Waals surface area contributed by atoms with Crippen LogP contribution in [0.2, 0.25) is 0 Å². The molecule has 2 amide bonds. The molecule has 186 valence electrons. The van der Waals surface area contributed by atoms with Gasteiger partial charge in [0.2, 0.25) is 0 Å². The molecule has 0 aliphatic heterocycles. The van der Waals surface area contributed by atoms with Crippen LogP contribution < -0.4 is 10.0 Å². The summed E-state index contributed by atoms with van der Waals surface area (Å²) in [6, 6.07) is 22.0. The van der Waals surface area contributed by atoms with Gasteiger partial charge in [-0.1, -0.05) is 59.7 Å². The van der Waals surface area contributed by atoms with Crippen LogP contribution in [-0.2, 0) is 16.4 Å². The zero-order valence-electron chi connectivity index (χ0n) is 20.9. The molecule has 0 fully saturated rings. The first kappa shape index (κ1) is 25.2. The van der Waals surface area contributed by atoms with Crippen LogP contribution >= 0.6 is 0 Å². The third kappa shape index (κ3) is 5.66. The lowest BCUT2D eigenvalue weighted by Crippen LogP contribution is -2.40. The molecule has 4 aromatic rings. The van der Waals surface area contributed by atoms with Gasteiger partial charge in [0.25, 0.3) is 10.0 Å². The van der Waals surface area contributed by atoms with E-state index in [1.165, 1.54) is 17.7 Å². The van der Waals surface area contributed by atoms with E-state index in [0.29, 0.717) is 13.0 Å². The number of aryl methyl sites for hydroxylation is 3. The number of carbonyl (C=O) groups is 1. The first-order valence-electron chi connectivity index (χ1n) is 11.7. The van der Waals surface area contributed by atoms with Crippen LogP contribution in [0.1, 0.15) is 28.1 Å². The van der Waals surface area contributed by atoms with Gasteiger partial charge in [-0.25, -0.2) is 22.6 Å². The number of rotatable bonds is 7. The topological polar surface area (TPSA) is 93.1 Å². The van der Waals surface area contributed by atoms with E-state index in [1.54, 1.807) is 12.1 Å². The predicted octanol–water partition coefficient (Wildman–Crippen LogP) is 5.00. The molecule has 2 N–H and O–H groups in total. The summed E-state index contributed by atoms with van der Waals surface area (Å²) in [4.78, 5) is 12.2. The minimum absolute atomic E-state index is 0.0496. The lowest BCUT2D eigenvalue weighted by Gasteiger charge is -2.10. The van der Waals surface area contributed by atoms with Gasteiger partial charge in [0.15, 0.2) is 0 Å². The van der Waals surface area contributed by atoms with E-state index in [0.717, 1.165) is 39.3 Å². The van der Waals surface area contributed by atoms with E-state index in [2.05, 4.69) is 43.4 Å². The molecule has 0 aliphatic carbocycles. The Labute approximate surface area is 212 Å². The predicted molar refractivity (Wildman–Crippen MR) is 142 cm³/mol. The molecule has 0 atom stereocenters. The summed E-state index contributed by atoms with van der Waals surface area (Å²) < 4.78 is 28.7. The fraction of sp³-hybridized carbons (Fsp3) is 0.214. The van der Waals surface area contributed by atoms with Gasteiger partial charge < -0.3 is 5.32 Å². The third-order valence-corrected chi connectivity index (χ3v) is 7.42. The molecular weight excluding hydrogens is 472 g/mol. The van der Waals surface area contributed by atoms with Crippen molar-refractivity contribution in [2.75, 3.05) is 6.54 Å². The van der Waals surface area contributed by atoms with Gasteiger partial charge in [-0.3, -0.25) is 0 Å². The number of nitrogens with one attached hydrogen (secondary N) is 2. The molecule has 1 aromatic heterocycles. The minimum atomic E-state index is -3.91. The number of urea groups is 1. The van der Waals surface area contributed by atoms with Crippen molar-refractivity contribution < 1.29 is 13.2 Å². The van der Waals surface area contributed by atoms with Crippen molar-refractivity contribution in [2.24, 2.45) is 0 Å². The molecule has 8 heteroatoms. The molecule has 0 radical (unpaired) electrons. The van der Waals surface area contributed by atoms with Gasteiger partial charge in [0, 0.05) is 17.8 Å². The summed E-state index contributed by atoms with van der Waals surface area (Å²) in [7, 11) is -3.91. The number of hydrogen-bond donors (Lipinski definition) is 2. The molecule has 3 aromatic carbocycles. The Morgan fingerprint density at radius 1 is 0.833 bits per heavy atom. The quantitative estimate of drug-likeness (QED) is 0.372. The number of carbonyl (C=O) groups excluding carboxylic acids is 1. The average molecular weight is 503 g/mol. The van der Waals surface area contributed by atoms with E-state index >= 15 is 0 Å². The maximum Gasteiger partial charge on any atom is 0.328 e. The summed E-state index contributed by atoms with van der Waals surface area (Å²) in [5, 5.41) is 7.36. The lowest BCUT2D eigenvalue weighted by molar-refractivity contribution is 0.246. The molecule has 0 unspecified atom stereocenters. The van der Waals surface area contributed by atoms with E-state index in [-0.39, 0.29) is 4.90 Å². The molecule has 0 saturated carbocycles. The summed E-state index contributed by atoms with van der Waals surface area (Å²) >= 11 is 0. The van der Waals surface area contributed by atoms with Crippen LogP contribution in [0.4, 0.5) is 4.79 Å². The first-order chi connectivity index (χ1) is 17.1. The minimum Gasteiger partial charge on any atom is -0.337 e. The molecule has 0 saturated heterocycles. The fourth-order valence-electron chi connectivity index (χ4n) is 4.09. The smallest absolute Gasteiger partial charge is 0.328 e. The third-order valence-electron chi connectivity index (χ3n) is 6.07. The molecule has 36 heavy (non-hydrogen) atoms. The van der Waals surface area contributed by atoms with Crippen molar-refractivity contribution in [1.82, 2.24) is 19.8 Å². The molecule has 7 nitrogen and oxygen atoms in total. The largest absolute Gasteiger partial charge is 0.337 e. The van der Waals surface area contributed by atoms with Crippen molar-refractivity contribution in [2.45, 2.75) is 39.0 Å². The average Bonchev–Trinajstić information content (AvgIpc) is 3.14. The maximum atomic E-state index is 12.3. The standard InChI is InChI=1S/C28H30N4O3S/c1-19-5-11-24(12-6-19)27-21(3)30-32(22(27)4)25-13-9-23(10-14-25)17-18-29-28(33)31-36(34,35)26-15-7-20(2)8-16-26/h5-16H,17-18H2,1-4H3,(H2,29,31,33). The molecule has 0 spiro atoms. The number of hydrogen-bond acceptors (Lipinski definition) is 4. The van der Waals surface area contributed by atoms with E-state index in [1.807, 2.05) is 47.5 Å². The summed E-state index contributed by atoms with van der Waals surface area (Å²) in [6.45, 7) is 8.32. The van der Waals surface area contributed by atoms with Gasteiger partial charge in [0.1, 0.15) is 0 Å². The summed E-state index contributed by atoms with van der Waals surface area (Å²) in [5.74, 6) is 0. The Morgan fingerprint density at radius 2 is 1.42 bits per heavy atom. The Balaban J connectivity index is 1.36. The monoisotopic (exact) mass is 502 g/mol. The van der Waals surface area contributed by atoms with Gasteiger partial charge >= 0.3 is 6.03 Å². The van der Waals surface area contributed by atoms with Crippen molar-refractivity contribution in [3.05, 3.63) is 101 Å². The normalized spacial score (nSPS) is 11.3. The first-order valence-corrected chi connectivity index (χ1v) is 13.2. The van der Waals surface area contributed by atoms with Crippen molar-refractivity contribution in [3.8, 4) is 16.8 Å². The molecule has 0 aliphatic rings. The van der Waals surface area contributed by atoms with Gasteiger partial charge in [0.05, 0.1) is 16.3 Å². The van der Waals surface area contributed by atoms with Gasteiger partial charge in [-0.15, -0.1) is 0 Å². The second-order valence-electron chi connectivity index (χ2n) is 8.91. The van der Waals surface area contributed by atoms with Crippen molar-refractivity contribution in [1.29, 1.82) is 0 Å². The highest BCUT2D eigenvalue weighted by atomic mass is 32.2. The summed E-state index contributed by atoms with van der Waals surface area (Å²) in [6.07, 6.45) is 0.560. The SMILES string of the molecule is Cc1ccc(-c2c(C)nn(-c3ccc(CCNC(=O)NS(=O)(=O)c4ccc(C)cc4)cc3)c2C)cc1. The number of aromatic nitrogens is 2. The highest BCUT2D eigenvalue weighted by molar-refractivity contribution is 7.90. The molecular formula is C28H30N4O3S.